The van der Waals surface area contributed by atoms with Gasteiger partial charge in [-0.2, -0.15) is 10.5 Å². The molecule has 2 heterocycles. The Morgan fingerprint density at radius 3 is 2.65 bits per heavy atom. The average Bonchev–Trinajstić information content (AvgIpc) is 2.86. The molecule has 0 saturated heterocycles. The van der Waals surface area contributed by atoms with Crippen LogP contribution in [0.3, 0.4) is 0 Å². The predicted octanol–water partition coefficient (Wildman–Crippen LogP) is 1.28. The van der Waals surface area contributed by atoms with Crippen molar-refractivity contribution in [3.63, 3.8) is 0 Å². The van der Waals surface area contributed by atoms with Crippen LogP contribution < -0.4 is 0 Å². The summed E-state index contributed by atoms with van der Waals surface area (Å²) in [4.78, 5) is 3.87. The molecule has 84 valence electrons. The summed E-state index contributed by atoms with van der Waals surface area (Å²) in [6, 6.07) is 3.86. The van der Waals surface area contributed by atoms with Gasteiger partial charge in [-0.1, -0.05) is 5.16 Å². The highest BCUT2D eigenvalue weighted by molar-refractivity contribution is 5.37. The number of aryl methyl sites for hydroxylation is 2. The molecule has 0 aliphatic rings. The SMILES string of the molecule is Cc1noc(C)c1Cn1cnc(C#N)c1C#N. The van der Waals surface area contributed by atoms with Crippen molar-refractivity contribution in [3.8, 4) is 12.1 Å². The van der Waals surface area contributed by atoms with E-state index >= 15 is 0 Å². The molecule has 0 unspecified atom stereocenters. The van der Waals surface area contributed by atoms with Crippen LogP contribution in [0, 0.1) is 36.5 Å². The number of hydrogen-bond donors (Lipinski definition) is 0. The van der Waals surface area contributed by atoms with Gasteiger partial charge < -0.3 is 9.09 Å². The molecule has 0 amide bonds. The summed E-state index contributed by atoms with van der Waals surface area (Å²) in [5.41, 5.74) is 2.08. The third kappa shape index (κ3) is 1.77. The maximum Gasteiger partial charge on any atom is 0.176 e. The molecule has 2 aromatic heterocycles. The molecule has 2 rings (SSSR count). The Kier molecular flexibility index (Phi) is 2.63. The van der Waals surface area contributed by atoms with E-state index in [0.717, 1.165) is 11.3 Å². The molecule has 6 nitrogen and oxygen atoms in total. The number of nitriles is 2. The van der Waals surface area contributed by atoms with Crippen molar-refractivity contribution >= 4 is 0 Å². The van der Waals surface area contributed by atoms with Crippen LogP contribution >= 0.6 is 0 Å². The van der Waals surface area contributed by atoms with E-state index < -0.39 is 0 Å². The summed E-state index contributed by atoms with van der Waals surface area (Å²) >= 11 is 0. The molecule has 17 heavy (non-hydrogen) atoms. The van der Waals surface area contributed by atoms with Crippen LogP contribution in [0.15, 0.2) is 10.9 Å². The van der Waals surface area contributed by atoms with Crippen LogP contribution in [0.2, 0.25) is 0 Å². The van der Waals surface area contributed by atoms with E-state index in [9.17, 15) is 0 Å². The van der Waals surface area contributed by atoms with Crippen LogP contribution in [0.25, 0.3) is 0 Å². The van der Waals surface area contributed by atoms with E-state index in [-0.39, 0.29) is 11.4 Å². The lowest BCUT2D eigenvalue weighted by atomic mass is 10.2. The highest BCUT2D eigenvalue weighted by Gasteiger charge is 2.14. The van der Waals surface area contributed by atoms with Crippen LogP contribution in [-0.2, 0) is 6.54 Å². The van der Waals surface area contributed by atoms with Crippen molar-refractivity contribution in [1.29, 1.82) is 10.5 Å². The summed E-state index contributed by atoms with van der Waals surface area (Å²) in [5.74, 6) is 0.707. The molecular formula is C11H9N5O. The zero-order valence-corrected chi connectivity index (χ0v) is 9.43. The smallest absolute Gasteiger partial charge is 0.176 e. The second kappa shape index (κ2) is 4.11. The minimum absolute atomic E-state index is 0.138. The van der Waals surface area contributed by atoms with Crippen LogP contribution in [0.5, 0.6) is 0 Å². The average molecular weight is 227 g/mol. The molecule has 0 spiro atoms. The minimum Gasteiger partial charge on any atom is -0.361 e. The Balaban J connectivity index is 2.42. The zero-order valence-electron chi connectivity index (χ0n) is 9.43. The van der Waals surface area contributed by atoms with Gasteiger partial charge in [0.05, 0.1) is 18.6 Å². The topological polar surface area (TPSA) is 91.4 Å². The van der Waals surface area contributed by atoms with Gasteiger partial charge in [-0.15, -0.1) is 0 Å². The largest absolute Gasteiger partial charge is 0.361 e. The highest BCUT2D eigenvalue weighted by atomic mass is 16.5. The zero-order chi connectivity index (χ0) is 12.4. The first-order chi connectivity index (χ1) is 8.17. The molecule has 0 bridgehead atoms. The van der Waals surface area contributed by atoms with Gasteiger partial charge in [-0.05, 0) is 13.8 Å². The first-order valence-electron chi connectivity index (χ1n) is 4.94. The third-order valence-corrected chi connectivity index (χ3v) is 2.56. The van der Waals surface area contributed by atoms with Crippen molar-refractivity contribution in [1.82, 2.24) is 14.7 Å². The maximum atomic E-state index is 8.99. The van der Waals surface area contributed by atoms with Gasteiger partial charge in [0.1, 0.15) is 17.9 Å². The molecule has 0 N–H and O–H groups in total. The van der Waals surface area contributed by atoms with Crippen LogP contribution in [0.1, 0.15) is 28.4 Å². The lowest BCUT2D eigenvalue weighted by Gasteiger charge is -2.02. The van der Waals surface area contributed by atoms with E-state index in [4.69, 9.17) is 15.0 Å². The molecule has 0 atom stereocenters. The number of imidazole rings is 1. The van der Waals surface area contributed by atoms with E-state index in [2.05, 4.69) is 10.1 Å². The molecule has 2 aromatic rings. The molecule has 0 fully saturated rings. The monoisotopic (exact) mass is 227 g/mol. The van der Waals surface area contributed by atoms with E-state index in [1.165, 1.54) is 6.33 Å². The molecule has 0 aliphatic carbocycles. The van der Waals surface area contributed by atoms with E-state index in [0.29, 0.717) is 12.3 Å². The van der Waals surface area contributed by atoms with Crippen LogP contribution in [0.4, 0.5) is 0 Å². The van der Waals surface area contributed by atoms with Gasteiger partial charge in [0.15, 0.2) is 11.4 Å². The molecule has 0 saturated carbocycles. The number of nitrogens with zero attached hydrogens (tertiary/aromatic N) is 5. The Labute approximate surface area is 97.7 Å². The Hall–Kier alpha value is -2.60. The van der Waals surface area contributed by atoms with Crippen molar-refractivity contribution in [2.45, 2.75) is 20.4 Å². The lowest BCUT2D eigenvalue weighted by Crippen LogP contribution is -2.03. The van der Waals surface area contributed by atoms with Crippen molar-refractivity contribution < 1.29 is 4.52 Å². The minimum atomic E-state index is 0.138. The fraction of sp³-hybridized carbons (Fsp3) is 0.273. The lowest BCUT2D eigenvalue weighted by molar-refractivity contribution is 0.392. The number of aromatic nitrogens is 3. The van der Waals surface area contributed by atoms with E-state index in [1.54, 1.807) is 4.57 Å². The molecule has 0 aromatic carbocycles. The summed E-state index contributed by atoms with van der Waals surface area (Å²) in [6.45, 7) is 4.07. The van der Waals surface area contributed by atoms with Gasteiger partial charge in [-0.3, -0.25) is 0 Å². The Morgan fingerprint density at radius 1 is 1.35 bits per heavy atom. The quantitative estimate of drug-likeness (QED) is 0.770. The fourth-order valence-electron chi connectivity index (χ4n) is 1.60. The summed E-state index contributed by atoms with van der Waals surface area (Å²) in [7, 11) is 0. The molecular weight excluding hydrogens is 218 g/mol. The van der Waals surface area contributed by atoms with Gasteiger partial charge >= 0.3 is 0 Å². The summed E-state index contributed by atoms with van der Waals surface area (Å²) in [6.07, 6.45) is 1.48. The van der Waals surface area contributed by atoms with Gasteiger partial charge in [0, 0.05) is 5.56 Å². The highest BCUT2D eigenvalue weighted by Crippen LogP contribution is 2.15. The van der Waals surface area contributed by atoms with Gasteiger partial charge in [0.2, 0.25) is 0 Å². The van der Waals surface area contributed by atoms with Crippen molar-refractivity contribution in [2.75, 3.05) is 0 Å². The second-order valence-corrected chi connectivity index (χ2v) is 3.60. The maximum absolute atomic E-state index is 8.99. The Morgan fingerprint density at radius 2 is 2.12 bits per heavy atom. The standard InChI is InChI=1S/C11H9N5O/c1-7-9(8(2)17-15-7)5-16-6-14-10(3-12)11(16)4-13/h6H,5H2,1-2H3. The van der Waals surface area contributed by atoms with Crippen molar-refractivity contribution in [3.05, 3.63) is 34.7 Å². The summed E-state index contributed by atoms with van der Waals surface area (Å²) in [5, 5.41) is 21.6. The second-order valence-electron chi connectivity index (χ2n) is 3.60. The molecule has 0 aliphatic heterocycles. The normalized spacial score (nSPS) is 9.88. The predicted molar refractivity (Wildman–Crippen MR) is 56.7 cm³/mol. The number of hydrogen-bond acceptors (Lipinski definition) is 5. The fourth-order valence-corrected chi connectivity index (χ4v) is 1.60. The first-order valence-corrected chi connectivity index (χ1v) is 4.94. The van der Waals surface area contributed by atoms with E-state index in [1.807, 2.05) is 26.0 Å². The number of rotatable bonds is 2. The summed E-state index contributed by atoms with van der Waals surface area (Å²) < 4.78 is 6.66. The van der Waals surface area contributed by atoms with Crippen LogP contribution in [-0.4, -0.2) is 14.7 Å². The Bertz CT molecular complexity index is 618. The van der Waals surface area contributed by atoms with Crippen molar-refractivity contribution in [2.24, 2.45) is 0 Å². The third-order valence-electron chi connectivity index (χ3n) is 2.56. The molecule has 0 radical (unpaired) electrons. The van der Waals surface area contributed by atoms with Gasteiger partial charge in [-0.25, -0.2) is 4.98 Å². The molecule has 6 heteroatoms. The first kappa shape index (κ1) is 10.9. The van der Waals surface area contributed by atoms with Gasteiger partial charge in [0.25, 0.3) is 0 Å².